The predicted molar refractivity (Wildman–Crippen MR) is 154 cm³/mol. The van der Waals surface area contributed by atoms with Crippen molar-refractivity contribution in [1.82, 2.24) is 4.90 Å². The molecular formula is C30H33N2O3PS. The Hall–Kier alpha value is -2.95. The Morgan fingerprint density at radius 1 is 0.946 bits per heavy atom. The van der Waals surface area contributed by atoms with E-state index in [-0.39, 0.29) is 23.8 Å². The maximum absolute atomic E-state index is 13.5. The minimum Gasteiger partial charge on any atom is -0.477 e. The summed E-state index contributed by atoms with van der Waals surface area (Å²) in [6, 6.07) is 28.2. The van der Waals surface area contributed by atoms with Crippen molar-refractivity contribution < 1.29 is 14.3 Å². The van der Waals surface area contributed by atoms with Crippen molar-refractivity contribution in [2.45, 2.75) is 50.5 Å². The van der Waals surface area contributed by atoms with Crippen LogP contribution in [0.2, 0.25) is 0 Å². The van der Waals surface area contributed by atoms with Gasteiger partial charge < -0.3 is 9.47 Å². The van der Waals surface area contributed by atoms with E-state index in [4.69, 9.17) is 26.3 Å². The largest absolute Gasteiger partial charge is 0.477 e. The molecule has 1 amide bonds. The molecular weight excluding hydrogens is 499 g/mol. The van der Waals surface area contributed by atoms with Crippen LogP contribution in [0.5, 0.6) is 0 Å². The number of likely N-dealkylation sites (tertiary alicyclic amines) is 1. The van der Waals surface area contributed by atoms with Crippen LogP contribution in [0.15, 0.2) is 96.0 Å². The van der Waals surface area contributed by atoms with Gasteiger partial charge in [0.25, 0.3) is 0 Å². The summed E-state index contributed by atoms with van der Waals surface area (Å²) >= 11 is 6.62. The fourth-order valence-electron chi connectivity index (χ4n) is 5.12. The normalized spacial score (nSPS) is 21.9. The zero-order chi connectivity index (χ0) is 26.0. The Balaban J connectivity index is 1.53. The van der Waals surface area contributed by atoms with Gasteiger partial charge in [0.1, 0.15) is 24.3 Å². The molecule has 0 N–H and O–H groups in total. The van der Waals surface area contributed by atoms with Crippen LogP contribution in [0.1, 0.15) is 38.8 Å². The number of rotatable bonds is 5. The van der Waals surface area contributed by atoms with Crippen LogP contribution in [-0.4, -0.2) is 47.3 Å². The van der Waals surface area contributed by atoms with Crippen molar-refractivity contribution in [3.8, 4) is 0 Å². The summed E-state index contributed by atoms with van der Waals surface area (Å²) < 4.78 is 12.0. The maximum Gasteiger partial charge on any atom is 0.410 e. The molecule has 1 fully saturated rings. The Morgan fingerprint density at radius 2 is 1.49 bits per heavy atom. The highest BCUT2D eigenvalue weighted by Crippen LogP contribution is 2.53. The van der Waals surface area contributed by atoms with E-state index < -0.39 is 11.6 Å². The van der Waals surface area contributed by atoms with E-state index in [9.17, 15) is 4.79 Å². The molecule has 0 unspecified atom stereocenters. The maximum atomic E-state index is 13.5. The van der Waals surface area contributed by atoms with Crippen molar-refractivity contribution in [2.24, 2.45) is 4.99 Å². The molecule has 1 saturated heterocycles. The molecule has 0 bridgehead atoms. The Labute approximate surface area is 224 Å². The van der Waals surface area contributed by atoms with Crippen LogP contribution in [0, 0.1) is 0 Å². The van der Waals surface area contributed by atoms with Gasteiger partial charge in [0.15, 0.2) is 0 Å². The van der Waals surface area contributed by atoms with E-state index in [1.165, 1.54) is 0 Å². The van der Waals surface area contributed by atoms with Crippen LogP contribution in [-0.2, 0) is 21.3 Å². The first-order valence-electron chi connectivity index (χ1n) is 12.7. The molecule has 0 aliphatic carbocycles. The van der Waals surface area contributed by atoms with Gasteiger partial charge in [-0.3, -0.25) is 4.90 Å². The molecule has 2 aliphatic heterocycles. The summed E-state index contributed by atoms with van der Waals surface area (Å²) in [5.41, 5.74) is 0.561. The first-order valence-corrected chi connectivity index (χ1v) is 15.6. The summed E-state index contributed by atoms with van der Waals surface area (Å²) in [4.78, 5) is 20.3. The number of nitrogens with zero attached hydrogens (tertiary/aromatic N) is 2. The van der Waals surface area contributed by atoms with Gasteiger partial charge in [-0.1, -0.05) is 103 Å². The van der Waals surface area contributed by atoms with Crippen molar-refractivity contribution in [1.29, 1.82) is 0 Å². The number of hydrogen-bond donors (Lipinski definition) is 0. The third kappa shape index (κ3) is 5.37. The first-order chi connectivity index (χ1) is 17.8. The van der Waals surface area contributed by atoms with Crippen molar-refractivity contribution in [3.05, 3.63) is 96.6 Å². The highest BCUT2D eigenvalue weighted by Gasteiger charge is 2.48. The average molecular weight is 533 g/mol. The molecule has 0 aromatic heterocycles. The van der Waals surface area contributed by atoms with E-state index in [1.54, 1.807) is 4.90 Å². The predicted octanol–water partition coefficient (Wildman–Crippen LogP) is 5.66. The SMILES string of the molecule is CC(C)(C)OC(=O)N1C[C@@H](P(=S)(c2ccccc2)c2ccccc2)C[C@H]1C1=N[C@H](c2ccccc2)CO1. The van der Waals surface area contributed by atoms with Crippen LogP contribution in [0.4, 0.5) is 4.79 Å². The topological polar surface area (TPSA) is 51.1 Å². The summed E-state index contributed by atoms with van der Waals surface area (Å²) in [6.45, 7) is 6.63. The molecule has 3 aromatic carbocycles. The third-order valence-corrected chi connectivity index (χ3v) is 12.5. The monoisotopic (exact) mass is 532 g/mol. The quantitative estimate of drug-likeness (QED) is 0.398. The van der Waals surface area contributed by atoms with Gasteiger partial charge in [-0.25, -0.2) is 9.79 Å². The summed E-state index contributed by atoms with van der Waals surface area (Å²) in [5.74, 6) is 0.602. The lowest BCUT2D eigenvalue weighted by Gasteiger charge is -2.30. The molecule has 3 atom stereocenters. The minimum absolute atomic E-state index is 0.0619. The van der Waals surface area contributed by atoms with Crippen molar-refractivity contribution in [2.75, 3.05) is 13.2 Å². The second kappa shape index (κ2) is 10.4. The van der Waals surface area contributed by atoms with Gasteiger partial charge in [-0.2, -0.15) is 0 Å². The fourth-order valence-corrected chi connectivity index (χ4v) is 9.59. The zero-order valence-corrected chi connectivity index (χ0v) is 23.2. The number of benzene rings is 3. The van der Waals surface area contributed by atoms with Gasteiger partial charge in [0, 0.05) is 18.2 Å². The van der Waals surface area contributed by atoms with Gasteiger partial charge in [-0.15, -0.1) is 0 Å². The number of ether oxygens (including phenoxy) is 2. The molecule has 5 rings (SSSR count). The fraction of sp³-hybridized carbons (Fsp3) is 0.333. The van der Waals surface area contributed by atoms with E-state index in [2.05, 4.69) is 36.4 Å². The van der Waals surface area contributed by atoms with Crippen LogP contribution in [0.3, 0.4) is 0 Å². The van der Waals surface area contributed by atoms with Gasteiger partial charge in [-0.05, 0) is 43.4 Å². The van der Waals surface area contributed by atoms with Gasteiger partial charge in [0.05, 0.1) is 0 Å². The van der Waals surface area contributed by atoms with E-state index >= 15 is 0 Å². The molecule has 5 nitrogen and oxygen atoms in total. The summed E-state index contributed by atoms with van der Waals surface area (Å²) in [5, 5.41) is 2.31. The number of hydrogen-bond acceptors (Lipinski definition) is 5. The second-order valence-corrected chi connectivity index (χ2v) is 15.4. The molecule has 0 saturated carbocycles. The second-order valence-electron chi connectivity index (χ2n) is 10.6. The first kappa shape index (κ1) is 25.7. The summed E-state index contributed by atoms with van der Waals surface area (Å²) in [7, 11) is 0. The molecule has 37 heavy (non-hydrogen) atoms. The lowest BCUT2D eigenvalue weighted by Crippen LogP contribution is -2.43. The highest BCUT2D eigenvalue weighted by atomic mass is 32.4. The summed E-state index contributed by atoms with van der Waals surface area (Å²) in [6.07, 6.45) is 0.331. The van der Waals surface area contributed by atoms with Crippen LogP contribution < -0.4 is 10.6 Å². The molecule has 7 heteroatoms. The lowest BCUT2D eigenvalue weighted by molar-refractivity contribution is 0.0255. The third-order valence-electron chi connectivity index (χ3n) is 6.84. The lowest BCUT2D eigenvalue weighted by atomic mass is 10.1. The molecule has 2 heterocycles. The molecule has 0 spiro atoms. The number of aliphatic imine (C=N–C) groups is 1. The van der Waals surface area contributed by atoms with E-state index in [0.717, 1.165) is 16.2 Å². The van der Waals surface area contributed by atoms with Crippen LogP contribution in [0.25, 0.3) is 0 Å². The molecule has 3 aromatic rings. The highest BCUT2D eigenvalue weighted by molar-refractivity contribution is 8.22. The zero-order valence-electron chi connectivity index (χ0n) is 21.5. The van der Waals surface area contributed by atoms with Crippen molar-refractivity contribution in [3.63, 3.8) is 0 Å². The number of carbonyl (C=O) groups is 1. The Morgan fingerprint density at radius 3 is 2.03 bits per heavy atom. The molecule has 192 valence electrons. The standard InChI is InChI=1S/C30H33N2O3PS/c1-30(2,3)35-29(33)32-20-25(19-27(32)28-31-26(21-34-28)22-13-7-4-8-14-22)36(37,23-15-9-5-10-16-23)24-17-11-6-12-18-24/h4-18,25-27H,19-21H2,1-3H3/t25-,26-,27-/m0/s1. The number of amides is 1. The van der Waals surface area contributed by atoms with Gasteiger partial charge >= 0.3 is 6.09 Å². The van der Waals surface area contributed by atoms with Crippen molar-refractivity contribution >= 4 is 40.4 Å². The van der Waals surface area contributed by atoms with E-state index in [0.29, 0.717) is 25.5 Å². The van der Waals surface area contributed by atoms with Crippen LogP contribution >= 0.6 is 6.04 Å². The van der Waals surface area contributed by atoms with E-state index in [1.807, 2.05) is 75.4 Å². The minimum atomic E-state index is -2.28. The average Bonchev–Trinajstić information content (AvgIpc) is 3.57. The Kier molecular flexibility index (Phi) is 7.24. The van der Waals surface area contributed by atoms with Gasteiger partial charge in [0.2, 0.25) is 5.90 Å². The smallest absolute Gasteiger partial charge is 0.410 e. The number of carbonyl (C=O) groups excluding carboxylic acids is 1. The molecule has 2 aliphatic rings. The molecule has 0 radical (unpaired) electrons. The Bertz CT molecular complexity index is 1270.